The zero-order chi connectivity index (χ0) is 21.9. The van der Waals surface area contributed by atoms with Crippen molar-refractivity contribution in [2.24, 2.45) is 0 Å². The number of carbonyl (C=O) groups is 1. The van der Waals surface area contributed by atoms with E-state index in [4.69, 9.17) is 0 Å². The molecule has 32 heavy (non-hydrogen) atoms. The van der Waals surface area contributed by atoms with E-state index in [1.54, 1.807) is 23.1 Å². The first-order chi connectivity index (χ1) is 15.6. The maximum Gasteiger partial charge on any atom is 0.253 e. The van der Waals surface area contributed by atoms with Gasteiger partial charge in [0.05, 0.1) is 16.4 Å². The lowest BCUT2D eigenvalue weighted by atomic mass is 10.2. The number of rotatable bonds is 6. The first kappa shape index (κ1) is 21.2. The summed E-state index contributed by atoms with van der Waals surface area (Å²) in [6, 6.07) is 14.0. The fourth-order valence-corrected chi connectivity index (χ4v) is 5.42. The van der Waals surface area contributed by atoms with Crippen LogP contribution in [0.2, 0.25) is 0 Å². The number of pyridine rings is 1. The Morgan fingerprint density at radius 2 is 1.84 bits per heavy atom. The van der Waals surface area contributed by atoms with Gasteiger partial charge in [0.15, 0.2) is 0 Å². The van der Waals surface area contributed by atoms with Crippen LogP contribution < -0.4 is 0 Å². The van der Waals surface area contributed by atoms with Crippen molar-refractivity contribution in [1.29, 1.82) is 0 Å². The van der Waals surface area contributed by atoms with Crippen LogP contribution in [0.25, 0.3) is 5.65 Å². The molecule has 1 aliphatic heterocycles. The fourth-order valence-electron chi connectivity index (χ4n) is 3.91. The van der Waals surface area contributed by atoms with Gasteiger partial charge in [0, 0.05) is 66.7 Å². The van der Waals surface area contributed by atoms with E-state index in [0.29, 0.717) is 0 Å². The van der Waals surface area contributed by atoms with Crippen molar-refractivity contribution in [3.8, 4) is 0 Å². The lowest BCUT2D eigenvalue weighted by Gasteiger charge is -2.34. The maximum absolute atomic E-state index is 13.0. The Labute approximate surface area is 195 Å². The molecule has 1 aromatic carbocycles. The van der Waals surface area contributed by atoms with Crippen molar-refractivity contribution in [1.82, 2.24) is 24.2 Å². The Bertz CT molecular complexity index is 1180. The number of thiazole rings is 1. The van der Waals surface area contributed by atoms with Crippen LogP contribution in [0.3, 0.4) is 0 Å². The second-order valence-corrected chi connectivity index (χ2v) is 10.0. The number of hydrogen-bond donors (Lipinski definition) is 0. The summed E-state index contributed by atoms with van der Waals surface area (Å²) < 4.78 is 2.05. The number of hydrogen-bond acceptors (Lipinski definition) is 6. The molecule has 0 spiro atoms. The molecule has 0 atom stereocenters. The highest BCUT2D eigenvalue weighted by Gasteiger charge is 2.22. The van der Waals surface area contributed by atoms with Crippen molar-refractivity contribution < 1.29 is 4.79 Å². The minimum Gasteiger partial charge on any atom is -0.336 e. The third kappa shape index (κ3) is 4.87. The molecule has 4 aromatic rings. The molecule has 6 nitrogen and oxygen atoms in total. The first-order valence-corrected chi connectivity index (χ1v) is 12.6. The Hall–Kier alpha value is -2.68. The minimum atomic E-state index is 0.115. The van der Waals surface area contributed by atoms with Gasteiger partial charge in [-0.25, -0.2) is 9.97 Å². The predicted molar refractivity (Wildman–Crippen MR) is 129 cm³/mol. The van der Waals surface area contributed by atoms with Crippen molar-refractivity contribution in [3.63, 3.8) is 0 Å². The molecule has 0 bridgehead atoms. The van der Waals surface area contributed by atoms with E-state index < -0.39 is 0 Å². The van der Waals surface area contributed by atoms with Gasteiger partial charge in [-0.15, -0.1) is 23.1 Å². The SMILES string of the molecule is Cc1nc(CSc2ccc(C(=O)N3CCN(Cc4cn5ccccc5n4)CC3)cc2)cs1. The van der Waals surface area contributed by atoms with E-state index in [1.165, 1.54) is 0 Å². The standard InChI is InChI=1S/C24H25N5OS2/c1-18-25-21(16-31-18)17-32-22-7-5-19(6-8-22)24(30)28-12-10-27(11-13-28)14-20-15-29-9-3-2-4-23(29)26-20/h2-9,15-16H,10-14,17H2,1H3. The number of imidazole rings is 1. The Morgan fingerprint density at radius 1 is 1.03 bits per heavy atom. The van der Waals surface area contributed by atoms with Gasteiger partial charge in [0.1, 0.15) is 5.65 Å². The minimum absolute atomic E-state index is 0.115. The zero-order valence-electron chi connectivity index (χ0n) is 18.0. The second-order valence-electron chi connectivity index (χ2n) is 7.94. The molecule has 0 aliphatic carbocycles. The molecule has 0 saturated carbocycles. The lowest BCUT2D eigenvalue weighted by molar-refractivity contribution is 0.0627. The fraction of sp³-hybridized carbons (Fsp3) is 0.292. The monoisotopic (exact) mass is 463 g/mol. The molecule has 1 fully saturated rings. The Kier molecular flexibility index (Phi) is 6.25. The predicted octanol–water partition coefficient (Wildman–Crippen LogP) is 4.35. The van der Waals surface area contributed by atoms with Crippen LogP contribution in [-0.2, 0) is 12.3 Å². The maximum atomic E-state index is 13.0. The van der Waals surface area contributed by atoms with Crippen LogP contribution in [0.4, 0.5) is 0 Å². The van der Waals surface area contributed by atoms with Crippen LogP contribution in [0, 0.1) is 6.92 Å². The van der Waals surface area contributed by atoms with Gasteiger partial charge in [-0.05, 0) is 43.3 Å². The molecule has 164 valence electrons. The number of piperazine rings is 1. The quantitative estimate of drug-likeness (QED) is 0.398. The molecule has 5 rings (SSSR count). The largest absolute Gasteiger partial charge is 0.336 e. The van der Waals surface area contributed by atoms with Gasteiger partial charge in [0.2, 0.25) is 0 Å². The second kappa shape index (κ2) is 9.44. The molecular weight excluding hydrogens is 438 g/mol. The van der Waals surface area contributed by atoms with Crippen LogP contribution in [0.1, 0.15) is 26.8 Å². The third-order valence-electron chi connectivity index (χ3n) is 5.61. The van der Waals surface area contributed by atoms with Gasteiger partial charge in [-0.2, -0.15) is 0 Å². The van der Waals surface area contributed by atoms with E-state index in [-0.39, 0.29) is 5.91 Å². The average molecular weight is 464 g/mol. The van der Waals surface area contributed by atoms with Crippen LogP contribution in [0.5, 0.6) is 0 Å². The molecule has 8 heteroatoms. The van der Waals surface area contributed by atoms with Gasteiger partial charge in [-0.1, -0.05) is 6.07 Å². The number of fused-ring (bicyclic) bond motifs is 1. The number of thioether (sulfide) groups is 1. The summed E-state index contributed by atoms with van der Waals surface area (Å²) in [7, 11) is 0. The lowest BCUT2D eigenvalue weighted by Crippen LogP contribution is -2.48. The molecule has 0 N–H and O–H groups in total. The normalized spacial score (nSPS) is 14.8. The van der Waals surface area contributed by atoms with E-state index in [9.17, 15) is 4.79 Å². The van der Waals surface area contributed by atoms with Crippen molar-refractivity contribution >= 4 is 34.7 Å². The molecular formula is C24H25N5OS2. The topological polar surface area (TPSA) is 53.7 Å². The van der Waals surface area contributed by atoms with Gasteiger partial charge < -0.3 is 9.30 Å². The number of carbonyl (C=O) groups excluding carboxylic acids is 1. The summed E-state index contributed by atoms with van der Waals surface area (Å²) >= 11 is 3.43. The smallest absolute Gasteiger partial charge is 0.253 e. The molecule has 1 saturated heterocycles. The van der Waals surface area contributed by atoms with E-state index in [1.807, 2.05) is 60.5 Å². The number of aromatic nitrogens is 3. The summed E-state index contributed by atoms with van der Waals surface area (Å²) in [5.41, 5.74) is 3.91. The highest BCUT2D eigenvalue weighted by Crippen LogP contribution is 2.24. The molecule has 1 aliphatic rings. The number of benzene rings is 1. The summed E-state index contributed by atoms with van der Waals surface area (Å²) in [5, 5.41) is 3.20. The summed E-state index contributed by atoms with van der Waals surface area (Å²) in [5.74, 6) is 0.968. The number of amides is 1. The van der Waals surface area contributed by atoms with E-state index >= 15 is 0 Å². The molecule has 3 aromatic heterocycles. The zero-order valence-corrected chi connectivity index (χ0v) is 19.6. The molecule has 0 unspecified atom stereocenters. The van der Waals surface area contributed by atoms with E-state index in [2.05, 4.69) is 30.8 Å². The van der Waals surface area contributed by atoms with Crippen molar-refractivity contribution in [2.75, 3.05) is 26.2 Å². The number of aryl methyl sites for hydroxylation is 1. The van der Waals surface area contributed by atoms with Crippen LogP contribution in [0.15, 0.2) is 65.1 Å². The van der Waals surface area contributed by atoms with Gasteiger partial charge in [0.25, 0.3) is 5.91 Å². The Morgan fingerprint density at radius 3 is 2.56 bits per heavy atom. The molecule has 1 amide bonds. The first-order valence-electron chi connectivity index (χ1n) is 10.7. The Balaban J connectivity index is 1.12. The van der Waals surface area contributed by atoms with Crippen LogP contribution in [-0.4, -0.2) is 56.3 Å². The third-order valence-corrected chi connectivity index (χ3v) is 7.48. The van der Waals surface area contributed by atoms with Crippen molar-refractivity contribution in [3.05, 3.63) is 82.2 Å². The summed E-state index contributed by atoms with van der Waals surface area (Å²) in [4.78, 5) is 27.6. The van der Waals surface area contributed by atoms with Gasteiger partial charge >= 0.3 is 0 Å². The van der Waals surface area contributed by atoms with Crippen molar-refractivity contribution in [2.45, 2.75) is 24.1 Å². The summed E-state index contributed by atoms with van der Waals surface area (Å²) in [6.45, 7) is 6.05. The molecule has 4 heterocycles. The number of nitrogens with zero attached hydrogens (tertiary/aromatic N) is 5. The highest BCUT2D eigenvalue weighted by molar-refractivity contribution is 7.98. The van der Waals surface area contributed by atoms with Crippen LogP contribution >= 0.6 is 23.1 Å². The van der Waals surface area contributed by atoms with E-state index in [0.717, 1.165) is 71.0 Å². The molecule has 0 radical (unpaired) electrons. The highest BCUT2D eigenvalue weighted by atomic mass is 32.2. The average Bonchev–Trinajstić information content (AvgIpc) is 3.43. The van der Waals surface area contributed by atoms with Gasteiger partial charge in [-0.3, -0.25) is 9.69 Å². The summed E-state index contributed by atoms with van der Waals surface area (Å²) in [6.07, 6.45) is 4.11.